The third-order valence-electron chi connectivity index (χ3n) is 5.56. The number of carbonyl (C=O) groups excluding carboxylic acids is 4. The number of likely N-dealkylation sites (tertiary alicyclic amines) is 1. The van der Waals surface area contributed by atoms with Crippen molar-refractivity contribution in [3.8, 4) is 0 Å². The van der Waals surface area contributed by atoms with Crippen molar-refractivity contribution in [3.05, 3.63) is 35.9 Å². The summed E-state index contributed by atoms with van der Waals surface area (Å²) in [6.45, 7) is 0.363. The molecule has 1 heterocycles. The Kier molecular flexibility index (Phi) is 10.3. The Morgan fingerprint density at radius 2 is 1.79 bits per heavy atom. The predicted octanol–water partition coefficient (Wildman–Crippen LogP) is -1.20. The highest BCUT2D eigenvalue weighted by Gasteiger charge is 2.37. The summed E-state index contributed by atoms with van der Waals surface area (Å²) in [5.41, 5.74) is 11.6. The van der Waals surface area contributed by atoms with Crippen molar-refractivity contribution >= 4 is 42.2 Å². The van der Waals surface area contributed by atoms with Crippen molar-refractivity contribution < 1.29 is 29.1 Å². The van der Waals surface area contributed by atoms with Crippen molar-refractivity contribution in [2.45, 2.75) is 56.3 Å². The van der Waals surface area contributed by atoms with Gasteiger partial charge in [-0.3, -0.25) is 19.2 Å². The lowest BCUT2D eigenvalue weighted by molar-refractivity contribution is -0.143. The van der Waals surface area contributed by atoms with Crippen LogP contribution >= 0.6 is 12.6 Å². The van der Waals surface area contributed by atoms with Gasteiger partial charge in [0.15, 0.2) is 0 Å². The van der Waals surface area contributed by atoms with Crippen molar-refractivity contribution in [3.63, 3.8) is 0 Å². The smallest absolute Gasteiger partial charge is 0.326 e. The zero-order valence-electron chi connectivity index (χ0n) is 18.7. The number of carboxylic acids is 1. The molecule has 4 unspecified atom stereocenters. The second-order valence-corrected chi connectivity index (χ2v) is 8.50. The number of carbonyl (C=O) groups is 5. The minimum Gasteiger partial charge on any atom is -0.480 e. The normalized spacial score (nSPS) is 17.9. The molecule has 4 atom stereocenters. The number of thiol groups is 1. The molecule has 7 N–H and O–H groups in total. The predicted molar refractivity (Wildman–Crippen MR) is 127 cm³/mol. The molecule has 1 saturated heterocycles. The van der Waals surface area contributed by atoms with Crippen LogP contribution in [-0.4, -0.2) is 76.1 Å². The zero-order chi connectivity index (χ0) is 25.3. The molecular weight excluding hydrogens is 462 g/mol. The summed E-state index contributed by atoms with van der Waals surface area (Å²) in [5, 5.41) is 14.5. The first-order valence-electron chi connectivity index (χ1n) is 11.0. The Morgan fingerprint density at radius 1 is 1.12 bits per heavy atom. The van der Waals surface area contributed by atoms with Crippen LogP contribution in [0.2, 0.25) is 0 Å². The van der Waals surface area contributed by atoms with E-state index < -0.39 is 53.8 Å². The zero-order valence-corrected chi connectivity index (χ0v) is 19.6. The van der Waals surface area contributed by atoms with Gasteiger partial charge in [0.05, 0.1) is 6.04 Å². The molecule has 1 aliphatic rings. The van der Waals surface area contributed by atoms with E-state index in [0.717, 1.165) is 5.56 Å². The number of nitrogens with zero attached hydrogens (tertiary/aromatic N) is 1. The fourth-order valence-electron chi connectivity index (χ4n) is 3.74. The molecule has 0 saturated carbocycles. The van der Waals surface area contributed by atoms with Crippen LogP contribution in [0.3, 0.4) is 0 Å². The highest BCUT2D eigenvalue weighted by molar-refractivity contribution is 7.80. The molecule has 2 rings (SSSR count). The minimum absolute atomic E-state index is 0.0946. The van der Waals surface area contributed by atoms with Crippen molar-refractivity contribution in [1.29, 1.82) is 0 Å². The van der Waals surface area contributed by atoms with Crippen molar-refractivity contribution in [2.75, 3.05) is 12.3 Å². The van der Waals surface area contributed by atoms with Gasteiger partial charge in [-0.1, -0.05) is 30.3 Å². The lowest BCUT2D eigenvalue weighted by atomic mass is 10.0. The summed E-state index contributed by atoms with van der Waals surface area (Å²) in [6, 6.07) is 4.78. The number of rotatable bonds is 12. The van der Waals surface area contributed by atoms with Crippen LogP contribution in [0.25, 0.3) is 0 Å². The molecule has 0 aliphatic carbocycles. The molecule has 12 heteroatoms. The second kappa shape index (κ2) is 12.9. The third-order valence-corrected chi connectivity index (χ3v) is 5.96. The molecule has 0 bridgehead atoms. The first-order valence-corrected chi connectivity index (χ1v) is 11.6. The van der Waals surface area contributed by atoms with Crippen molar-refractivity contribution in [1.82, 2.24) is 15.5 Å². The van der Waals surface area contributed by atoms with Crippen molar-refractivity contribution in [2.24, 2.45) is 11.5 Å². The fraction of sp³-hybridized carbons (Fsp3) is 0.500. The molecule has 1 aliphatic heterocycles. The van der Waals surface area contributed by atoms with E-state index in [1.165, 1.54) is 4.90 Å². The van der Waals surface area contributed by atoms with Gasteiger partial charge in [-0.15, -0.1) is 0 Å². The van der Waals surface area contributed by atoms with Crippen LogP contribution < -0.4 is 22.1 Å². The van der Waals surface area contributed by atoms with Crippen LogP contribution in [0.15, 0.2) is 30.3 Å². The molecule has 186 valence electrons. The Hall–Kier alpha value is -3.12. The van der Waals surface area contributed by atoms with Gasteiger partial charge in [-0.2, -0.15) is 12.6 Å². The highest BCUT2D eigenvalue weighted by atomic mass is 32.1. The van der Waals surface area contributed by atoms with Crippen LogP contribution in [0.5, 0.6) is 0 Å². The maximum atomic E-state index is 13.1. The molecule has 1 aromatic rings. The van der Waals surface area contributed by atoms with Crippen LogP contribution in [-0.2, 0) is 30.4 Å². The lowest BCUT2D eigenvalue weighted by Gasteiger charge is -2.28. The standard InChI is InChI=1S/C22H31N5O6S/c23-14(12-34)21(31)27-10-4-7-17(27)20(30)26-16(11-13-5-2-1-3-6-13)19(29)25-15(22(32)33)8-9-18(24)28/h1-3,5-6,14-17,34H,4,7-12,23H2,(H2,24,28)(H,25,29)(H,26,30)(H,32,33). The van der Waals surface area contributed by atoms with Crippen LogP contribution in [0, 0.1) is 0 Å². The van der Waals surface area contributed by atoms with E-state index in [2.05, 4.69) is 23.3 Å². The Morgan fingerprint density at radius 3 is 2.38 bits per heavy atom. The van der Waals surface area contributed by atoms with Gasteiger partial charge in [-0.25, -0.2) is 4.79 Å². The quantitative estimate of drug-likeness (QED) is 0.197. The molecule has 4 amide bonds. The van der Waals surface area contributed by atoms with Gasteiger partial charge in [0.1, 0.15) is 18.1 Å². The van der Waals surface area contributed by atoms with Crippen LogP contribution in [0.1, 0.15) is 31.2 Å². The number of amides is 4. The molecule has 1 aromatic carbocycles. The SMILES string of the molecule is NC(=O)CCC(NC(=O)C(Cc1ccccc1)NC(=O)C1CCCN1C(=O)C(N)CS)C(=O)O. The third kappa shape index (κ3) is 7.73. The topological polar surface area (TPSA) is 185 Å². The number of benzene rings is 1. The summed E-state index contributed by atoms with van der Waals surface area (Å²) in [7, 11) is 0. The summed E-state index contributed by atoms with van der Waals surface area (Å²) < 4.78 is 0. The summed E-state index contributed by atoms with van der Waals surface area (Å²) >= 11 is 4.04. The van der Waals surface area contributed by atoms with E-state index in [-0.39, 0.29) is 25.0 Å². The van der Waals surface area contributed by atoms with Gasteiger partial charge in [0.2, 0.25) is 23.6 Å². The van der Waals surface area contributed by atoms with Gasteiger partial charge in [0.25, 0.3) is 0 Å². The average Bonchev–Trinajstić information content (AvgIpc) is 3.30. The van der Waals surface area contributed by atoms with Gasteiger partial charge in [0, 0.05) is 25.1 Å². The van der Waals surface area contributed by atoms with E-state index >= 15 is 0 Å². The number of aliphatic carboxylic acids is 1. The number of hydrogen-bond donors (Lipinski definition) is 6. The number of nitrogens with one attached hydrogen (secondary N) is 2. The van der Waals surface area contributed by atoms with Gasteiger partial charge in [-0.05, 0) is 24.8 Å². The fourth-order valence-corrected chi connectivity index (χ4v) is 3.89. The number of carboxylic acid groups (broad SMARTS) is 1. The Labute approximate surface area is 203 Å². The van der Waals surface area contributed by atoms with E-state index in [4.69, 9.17) is 11.5 Å². The van der Waals surface area contributed by atoms with E-state index in [1.54, 1.807) is 30.3 Å². The Balaban J connectivity index is 2.18. The minimum atomic E-state index is -1.35. The molecule has 34 heavy (non-hydrogen) atoms. The molecule has 0 aromatic heterocycles. The van der Waals surface area contributed by atoms with Gasteiger partial charge < -0.3 is 32.1 Å². The highest BCUT2D eigenvalue weighted by Crippen LogP contribution is 2.19. The average molecular weight is 494 g/mol. The van der Waals surface area contributed by atoms with Gasteiger partial charge >= 0.3 is 5.97 Å². The first kappa shape index (κ1) is 27.1. The molecular formula is C22H31N5O6S. The van der Waals surface area contributed by atoms with Crippen LogP contribution in [0.4, 0.5) is 0 Å². The Bertz CT molecular complexity index is 899. The number of nitrogens with two attached hydrogens (primary N) is 2. The van der Waals surface area contributed by atoms with E-state index in [1.807, 2.05) is 0 Å². The summed E-state index contributed by atoms with van der Waals surface area (Å²) in [4.78, 5) is 62.6. The summed E-state index contributed by atoms with van der Waals surface area (Å²) in [6.07, 6.45) is 0.698. The molecule has 1 fully saturated rings. The lowest BCUT2D eigenvalue weighted by Crippen LogP contribution is -2.57. The monoisotopic (exact) mass is 493 g/mol. The largest absolute Gasteiger partial charge is 0.480 e. The summed E-state index contributed by atoms with van der Waals surface area (Å²) in [5.74, 6) is -3.54. The second-order valence-electron chi connectivity index (χ2n) is 8.13. The molecule has 0 radical (unpaired) electrons. The number of primary amides is 1. The molecule has 0 spiro atoms. The maximum absolute atomic E-state index is 13.1. The maximum Gasteiger partial charge on any atom is 0.326 e. The number of hydrogen-bond acceptors (Lipinski definition) is 7. The van der Waals surface area contributed by atoms with E-state index in [0.29, 0.717) is 19.4 Å². The van der Waals surface area contributed by atoms with E-state index in [9.17, 15) is 29.1 Å². The first-order chi connectivity index (χ1) is 16.1. The molecule has 11 nitrogen and oxygen atoms in total.